The number of allylic oxidation sites excluding steroid dienone is 6. The van der Waals surface area contributed by atoms with Gasteiger partial charge in [-0.25, -0.2) is 0 Å². The topological polar surface area (TPSA) is 13.1 Å². The molecule has 7 rings (SSSR count). The van der Waals surface area contributed by atoms with Crippen LogP contribution in [-0.2, 0) is 6.42 Å². The van der Waals surface area contributed by atoms with Crippen LogP contribution in [0.3, 0.4) is 0 Å². The largest absolute Gasteiger partial charge is 0.461 e. The van der Waals surface area contributed by atoms with Crippen LogP contribution in [0.5, 0.6) is 0 Å². The Labute approximate surface area is 224 Å². The minimum absolute atomic E-state index is 0.228. The third-order valence-corrected chi connectivity index (χ3v) is 8.15. The summed E-state index contributed by atoms with van der Waals surface area (Å²) in [7, 11) is 0. The number of hydrogen-bond acceptors (Lipinski definition) is 1. The molecule has 1 heterocycles. The smallest absolute Gasteiger partial charge is 0.135 e. The van der Waals surface area contributed by atoms with E-state index in [9.17, 15) is 0 Å². The maximum atomic E-state index is 6.49. The van der Waals surface area contributed by atoms with E-state index in [0.29, 0.717) is 0 Å². The highest BCUT2D eigenvalue weighted by Gasteiger charge is 2.30. The van der Waals surface area contributed by atoms with Crippen molar-refractivity contribution >= 4 is 32.9 Å². The summed E-state index contributed by atoms with van der Waals surface area (Å²) in [5, 5.41) is 3.72. The Balaban J connectivity index is 1.39. The summed E-state index contributed by atoms with van der Waals surface area (Å²) in [6, 6.07) is 32.7. The van der Waals surface area contributed by atoms with Gasteiger partial charge in [0.15, 0.2) is 0 Å². The van der Waals surface area contributed by atoms with E-state index in [0.717, 1.165) is 37.0 Å². The summed E-state index contributed by atoms with van der Waals surface area (Å²) in [5.74, 6) is 1.36. The van der Waals surface area contributed by atoms with Crippen molar-refractivity contribution < 1.29 is 4.42 Å². The van der Waals surface area contributed by atoms with E-state index in [-0.39, 0.29) is 5.92 Å². The van der Waals surface area contributed by atoms with E-state index in [1.165, 1.54) is 55.1 Å². The van der Waals surface area contributed by atoms with Crippen LogP contribution >= 0.6 is 0 Å². The van der Waals surface area contributed by atoms with E-state index in [2.05, 4.69) is 115 Å². The van der Waals surface area contributed by atoms with Crippen molar-refractivity contribution in [3.8, 4) is 0 Å². The van der Waals surface area contributed by atoms with E-state index in [1.54, 1.807) is 0 Å². The quantitative estimate of drug-likeness (QED) is 0.244. The van der Waals surface area contributed by atoms with Crippen molar-refractivity contribution in [2.75, 3.05) is 0 Å². The normalized spacial score (nSPS) is 18.1. The van der Waals surface area contributed by atoms with Gasteiger partial charge in [0.1, 0.15) is 11.3 Å². The molecule has 5 aromatic rings. The summed E-state index contributed by atoms with van der Waals surface area (Å²) in [5.41, 5.74) is 9.87. The van der Waals surface area contributed by atoms with Crippen molar-refractivity contribution in [1.29, 1.82) is 0 Å². The van der Waals surface area contributed by atoms with Crippen molar-refractivity contribution in [2.24, 2.45) is 0 Å². The zero-order chi connectivity index (χ0) is 25.5. The summed E-state index contributed by atoms with van der Waals surface area (Å²) < 4.78 is 6.49. The van der Waals surface area contributed by atoms with Crippen LogP contribution in [0.4, 0.5) is 0 Å². The van der Waals surface area contributed by atoms with Gasteiger partial charge in [-0.15, -0.1) is 0 Å². The highest BCUT2D eigenvalue weighted by molar-refractivity contribution is 5.99. The summed E-state index contributed by atoms with van der Waals surface area (Å²) in [4.78, 5) is 0. The Morgan fingerprint density at radius 1 is 0.789 bits per heavy atom. The van der Waals surface area contributed by atoms with Crippen LogP contribution in [0.2, 0.25) is 0 Å². The van der Waals surface area contributed by atoms with Gasteiger partial charge < -0.3 is 4.42 Å². The molecule has 0 amide bonds. The maximum Gasteiger partial charge on any atom is 0.135 e. The average Bonchev–Trinajstić information content (AvgIpc) is 3.35. The fraction of sp³-hybridized carbons (Fsp3) is 0.135. The summed E-state index contributed by atoms with van der Waals surface area (Å²) >= 11 is 0. The first-order valence-corrected chi connectivity index (χ1v) is 13.6. The molecular weight excluding hydrogens is 460 g/mol. The molecule has 1 unspecified atom stereocenters. The van der Waals surface area contributed by atoms with E-state index >= 15 is 0 Å². The predicted molar refractivity (Wildman–Crippen MR) is 160 cm³/mol. The third kappa shape index (κ3) is 3.87. The predicted octanol–water partition coefficient (Wildman–Crippen LogP) is 10.0. The number of aryl methyl sites for hydroxylation is 1. The zero-order valence-corrected chi connectivity index (χ0v) is 21.5. The SMILES string of the molecule is C=C(c1ccccc1/C(=C1/C=CC=CC1)c1ccccc1)C1CCCc2oc3cc4ccccc4cc3c21. The first kappa shape index (κ1) is 22.8. The molecule has 4 aromatic carbocycles. The lowest BCUT2D eigenvalue weighted by atomic mass is 9.76. The second-order valence-corrected chi connectivity index (χ2v) is 10.4. The van der Waals surface area contributed by atoms with Gasteiger partial charge in [-0.1, -0.05) is 110 Å². The Morgan fingerprint density at radius 2 is 1.53 bits per heavy atom. The second kappa shape index (κ2) is 9.50. The first-order chi connectivity index (χ1) is 18.8. The van der Waals surface area contributed by atoms with Gasteiger partial charge in [-0.3, -0.25) is 0 Å². The van der Waals surface area contributed by atoms with Crippen molar-refractivity contribution in [3.05, 3.63) is 155 Å². The van der Waals surface area contributed by atoms with Crippen LogP contribution < -0.4 is 0 Å². The lowest BCUT2D eigenvalue weighted by Gasteiger charge is -2.27. The van der Waals surface area contributed by atoms with Gasteiger partial charge in [0.25, 0.3) is 0 Å². The number of rotatable bonds is 4. The van der Waals surface area contributed by atoms with Crippen LogP contribution in [0.15, 0.2) is 132 Å². The van der Waals surface area contributed by atoms with Gasteiger partial charge in [0.05, 0.1) is 0 Å². The molecule has 0 spiro atoms. The molecule has 2 aliphatic carbocycles. The molecular formula is C37H30O. The lowest BCUT2D eigenvalue weighted by molar-refractivity contribution is 0.495. The van der Waals surface area contributed by atoms with Gasteiger partial charge >= 0.3 is 0 Å². The fourth-order valence-electron chi connectivity index (χ4n) is 6.37. The summed E-state index contributed by atoms with van der Waals surface area (Å²) in [6.45, 7) is 4.78. The standard InChI is InChI=1S/C37H30O/c1-25(31-21-12-22-34-37(31)33-23-28-17-8-9-18-29(28)24-35(33)38-34)30-19-10-11-20-32(30)36(26-13-4-2-5-14-26)27-15-6-3-7-16-27/h2-11,13-15,17-20,23-24,31H,1,12,16,21-22H2/b36-27-. The van der Waals surface area contributed by atoms with Gasteiger partial charge in [-0.05, 0) is 75.6 Å². The first-order valence-electron chi connectivity index (χ1n) is 13.6. The maximum absolute atomic E-state index is 6.49. The fourth-order valence-corrected chi connectivity index (χ4v) is 6.37. The number of benzene rings is 4. The molecule has 0 bridgehead atoms. The molecule has 0 aliphatic heterocycles. The lowest BCUT2D eigenvalue weighted by Crippen LogP contribution is -2.11. The molecule has 0 fully saturated rings. The minimum Gasteiger partial charge on any atom is -0.461 e. The number of fused-ring (bicyclic) bond motifs is 4. The molecule has 1 nitrogen and oxygen atoms in total. The molecule has 1 heteroatoms. The van der Waals surface area contributed by atoms with Gasteiger partial charge in [-0.2, -0.15) is 0 Å². The number of hydrogen-bond donors (Lipinski definition) is 0. The molecule has 2 aliphatic rings. The van der Waals surface area contributed by atoms with Crippen molar-refractivity contribution in [3.63, 3.8) is 0 Å². The van der Waals surface area contributed by atoms with E-state index < -0.39 is 0 Å². The molecule has 38 heavy (non-hydrogen) atoms. The Hall–Kier alpha value is -4.36. The molecule has 0 saturated carbocycles. The molecule has 1 aromatic heterocycles. The molecule has 0 N–H and O–H groups in total. The molecule has 0 radical (unpaired) electrons. The summed E-state index contributed by atoms with van der Waals surface area (Å²) in [6.07, 6.45) is 12.9. The van der Waals surface area contributed by atoms with E-state index in [4.69, 9.17) is 11.0 Å². The highest BCUT2D eigenvalue weighted by Crippen LogP contribution is 2.47. The third-order valence-electron chi connectivity index (χ3n) is 8.15. The van der Waals surface area contributed by atoms with Crippen LogP contribution in [0, 0.1) is 0 Å². The Kier molecular flexibility index (Phi) is 5.70. The van der Waals surface area contributed by atoms with Crippen molar-refractivity contribution in [2.45, 2.75) is 31.6 Å². The van der Waals surface area contributed by atoms with Crippen LogP contribution in [0.1, 0.15) is 53.2 Å². The minimum atomic E-state index is 0.228. The van der Waals surface area contributed by atoms with Gasteiger partial charge in [0.2, 0.25) is 0 Å². The Bertz CT molecular complexity index is 1770. The van der Waals surface area contributed by atoms with Crippen molar-refractivity contribution in [1.82, 2.24) is 0 Å². The van der Waals surface area contributed by atoms with Gasteiger partial charge in [0, 0.05) is 23.3 Å². The zero-order valence-electron chi connectivity index (χ0n) is 21.5. The second-order valence-electron chi connectivity index (χ2n) is 10.4. The monoisotopic (exact) mass is 490 g/mol. The number of furan rings is 1. The van der Waals surface area contributed by atoms with E-state index in [1.807, 2.05) is 0 Å². The highest BCUT2D eigenvalue weighted by atomic mass is 16.3. The Morgan fingerprint density at radius 3 is 2.32 bits per heavy atom. The molecule has 1 atom stereocenters. The molecule has 0 saturated heterocycles. The molecule has 184 valence electrons. The average molecular weight is 491 g/mol. The van der Waals surface area contributed by atoms with Crippen LogP contribution in [-0.4, -0.2) is 0 Å². The van der Waals surface area contributed by atoms with Crippen LogP contribution in [0.25, 0.3) is 32.9 Å².